The van der Waals surface area contributed by atoms with Gasteiger partial charge in [0.1, 0.15) is 17.7 Å². The van der Waals surface area contributed by atoms with Crippen LogP contribution >= 0.6 is 0 Å². The maximum Gasteiger partial charge on any atom is 0.249 e. The highest BCUT2D eigenvalue weighted by molar-refractivity contribution is 5.99. The van der Waals surface area contributed by atoms with Crippen LogP contribution < -0.4 is 15.1 Å². The molecule has 142 valence electrons. The van der Waals surface area contributed by atoms with Crippen LogP contribution in [0, 0.1) is 5.82 Å². The fraction of sp³-hybridized carbons (Fsp3) is 0.400. The number of hydrogen-bond acceptors (Lipinski definition) is 5. The van der Waals surface area contributed by atoms with E-state index in [2.05, 4.69) is 15.2 Å². The smallest absolute Gasteiger partial charge is 0.249 e. The third-order valence-corrected chi connectivity index (χ3v) is 5.00. The SMILES string of the molecule is O=C1C(Nc2cc(N3CCOCC3)ccn2)CCCN1c1cccc(F)c1. The number of ether oxygens (including phenoxy) is 1. The first-order chi connectivity index (χ1) is 13.2. The molecule has 1 aromatic heterocycles. The van der Waals surface area contributed by atoms with Gasteiger partial charge in [-0.1, -0.05) is 6.07 Å². The Morgan fingerprint density at radius 1 is 1.11 bits per heavy atom. The van der Waals surface area contributed by atoms with Crippen LogP contribution in [0.3, 0.4) is 0 Å². The largest absolute Gasteiger partial charge is 0.378 e. The van der Waals surface area contributed by atoms with E-state index < -0.39 is 0 Å². The zero-order valence-corrected chi connectivity index (χ0v) is 15.1. The van der Waals surface area contributed by atoms with E-state index >= 15 is 0 Å². The summed E-state index contributed by atoms with van der Waals surface area (Å²) in [6.45, 7) is 3.73. The number of rotatable bonds is 4. The van der Waals surface area contributed by atoms with E-state index in [1.54, 1.807) is 23.2 Å². The first kappa shape index (κ1) is 17.7. The molecule has 2 aromatic rings. The average Bonchev–Trinajstić information content (AvgIpc) is 2.70. The number of nitrogens with one attached hydrogen (secondary N) is 1. The average molecular weight is 370 g/mol. The third-order valence-electron chi connectivity index (χ3n) is 5.00. The van der Waals surface area contributed by atoms with Gasteiger partial charge in [0.25, 0.3) is 0 Å². The van der Waals surface area contributed by atoms with E-state index in [0.717, 1.165) is 44.8 Å². The first-order valence-electron chi connectivity index (χ1n) is 9.33. The molecule has 2 fully saturated rings. The summed E-state index contributed by atoms with van der Waals surface area (Å²) >= 11 is 0. The number of amides is 1. The summed E-state index contributed by atoms with van der Waals surface area (Å²) in [7, 11) is 0. The van der Waals surface area contributed by atoms with Crippen LogP contribution in [0.5, 0.6) is 0 Å². The minimum Gasteiger partial charge on any atom is -0.378 e. The number of carbonyl (C=O) groups is 1. The van der Waals surface area contributed by atoms with E-state index in [-0.39, 0.29) is 17.8 Å². The molecular formula is C20H23FN4O2. The molecule has 0 spiro atoms. The van der Waals surface area contributed by atoms with Gasteiger partial charge in [-0.25, -0.2) is 9.37 Å². The molecule has 3 heterocycles. The molecular weight excluding hydrogens is 347 g/mol. The van der Waals surface area contributed by atoms with E-state index in [4.69, 9.17) is 4.74 Å². The normalized spacial score (nSPS) is 20.6. The van der Waals surface area contributed by atoms with Crippen molar-refractivity contribution in [3.63, 3.8) is 0 Å². The molecule has 1 atom stereocenters. The van der Waals surface area contributed by atoms with E-state index in [9.17, 15) is 9.18 Å². The molecule has 0 aliphatic carbocycles. The van der Waals surface area contributed by atoms with E-state index in [1.807, 2.05) is 12.1 Å². The van der Waals surface area contributed by atoms with Crippen LogP contribution in [0.1, 0.15) is 12.8 Å². The monoisotopic (exact) mass is 370 g/mol. The molecule has 1 amide bonds. The number of carbonyl (C=O) groups excluding carboxylic acids is 1. The Morgan fingerprint density at radius 3 is 2.78 bits per heavy atom. The quantitative estimate of drug-likeness (QED) is 0.897. The van der Waals surface area contributed by atoms with Gasteiger partial charge < -0.3 is 19.9 Å². The van der Waals surface area contributed by atoms with Crippen LogP contribution in [0.2, 0.25) is 0 Å². The summed E-state index contributed by atoms with van der Waals surface area (Å²) in [5, 5.41) is 3.27. The van der Waals surface area contributed by atoms with Gasteiger partial charge in [0.15, 0.2) is 0 Å². The van der Waals surface area contributed by atoms with Crippen LogP contribution in [-0.2, 0) is 9.53 Å². The van der Waals surface area contributed by atoms with Crippen molar-refractivity contribution in [3.05, 3.63) is 48.4 Å². The molecule has 27 heavy (non-hydrogen) atoms. The highest BCUT2D eigenvalue weighted by Crippen LogP contribution is 2.25. The summed E-state index contributed by atoms with van der Waals surface area (Å²) in [6.07, 6.45) is 3.34. The molecule has 1 aromatic carbocycles. The molecule has 0 saturated carbocycles. The predicted octanol–water partition coefficient (Wildman–Crippen LogP) is 2.66. The highest BCUT2D eigenvalue weighted by Gasteiger charge is 2.30. The number of halogens is 1. The second kappa shape index (κ2) is 7.92. The lowest BCUT2D eigenvalue weighted by molar-refractivity contribution is -0.120. The number of morpholine rings is 1. The number of piperidine rings is 1. The van der Waals surface area contributed by atoms with Gasteiger partial charge in [0.2, 0.25) is 5.91 Å². The van der Waals surface area contributed by atoms with Gasteiger partial charge >= 0.3 is 0 Å². The summed E-state index contributed by atoms with van der Waals surface area (Å²) < 4.78 is 18.9. The fourth-order valence-electron chi connectivity index (χ4n) is 3.60. The summed E-state index contributed by atoms with van der Waals surface area (Å²) in [4.78, 5) is 21.2. The fourth-order valence-corrected chi connectivity index (χ4v) is 3.60. The molecule has 4 rings (SSSR count). The number of benzene rings is 1. The maximum absolute atomic E-state index is 13.5. The number of anilines is 3. The number of nitrogens with zero attached hydrogens (tertiary/aromatic N) is 3. The summed E-state index contributed by atoms with van der Waals surface area (Å²) in [5.74, 6) is 0.291. The molecule has 1 unspecified atom stereocenters. The Kier molecular flexibility index (Phi) is 5.20. The van der Waals surface area contributed by atoms with Crippen molar-refractivity contribution in [2.45, 2.75) is 18.9 Å². The van der Waals surface area contributed by atoms with Crippen molar-refractivity contribution in [1.29, 1.82) is 0 Å². The lowest BCUT2D eigenvalue weighted by Gasteiger charge is -2.33. The van der Waals surface area contributed by atoms with Crippen molar-refractivity contribution in [1.82, 2.24) is 4.98 Å². The molecule has 1 N–H and O–H groups in total. The molecule has 2 aliphatic rings. The Morgan fingerprint density at radius 2 is 1.96 bits per heavy atom. The number of pyridine rings is 1. The van der Waals surface area contributed by atoms with Gasteiger partial charge in [0.05, 0.1) is 13.2 Å². The maximum atomic E-state index is 13.5. The predicted molar refractivity (Wildman–Crippen MR) is 103 cm³/mol. The van der Waals surface area contributed by atoms with Crippen molar-refractivity contribution in [2.75, 3.05) is 48.0 Å². The zero-order chi connectivity index (χ0) is 18.6. The van der Waals surface area contributed by atoms with E-state index in [0.29, 0.717) is 18.1 Å². The zero-order valence-electron chi connectivity index (χ0n) is 15.1. The molecule has 6 nitrogen and oxygen atoms in total. The topological polar surface area (TPSA) is 57.7 Å². The standard InChI is InChI=1S/C20H23FN4O2/c21-15-3-1-4-17(13-15)25-8-2-5-18(20(25)26)23-19-14-16(6-7-22-19)24-9-11-27-12-10-24/h1,3-4,6-7,13-14,18H,2,5,8-12H2,(H,22,23). The second-order valence-corrected chi connectivity index (χ2v) is 6.81. The minimum atomic E-state index is -0.366. The highest BCUT2D eigenvalue weighted by atomic mass is 19.1. The Labute approximate surface area is 157 Å². The molecule has 7 heteroatoms. The lowest BCUT2D eigenvalue weighted by Crippen LogP contribution is -2.48. The van der Waals surface area contributed by atoms with Crippen LogP contribution in [0.25, 0.3) is 0 Å². The number of hydrogen-bond donors (Lipinski definition) is 1. The molecule has 0 bridgehead atoms. The summed E-state index contributed by atoms with van der Waals surface area (Å²) in [5.41, 5.74) is 1.67. The van der Waals surface area contributed by atoms with Gasteiger partial charge in [0, 0.05) is 43.3 Å². The lowest BCUT2D eigenvalue weighted by atomic mass is 10.0. The van der Waals surface area contributed by atoms with Crippen molar-refractivity contribution in [2.24, 2.45) is 0 Å². The first-order valence-corrected chi connectivity index (χ1v) is 9.33. The molecule has 0 radical (unpaired) electrons. The van der Waals surface area contributed by atoms with Gasteiger partial charge in [-0.2, -0.15) is 0 Å². The van der Waals surface area contributed by atoms with Crippen LogP contribution in [0.15, 0.2) is 42.6 Å². The van der Waals surface area contributed by atoms with Gasteiger partial charge in [-0.3, -0.25) is 4.79 Å². The Hall–Kier alpha value is -2.67. The second-order valence-electron chi connectivity index (χ2n) is 6.81. The van der Waals surface area contributed by atoms with Crippen LogP contribution in [-0.4, -0.2) is 49.8 Å². The van der Waals surface area contributed by atoms with Gasteiger partial charge in [-0.05, 0) is 37.1 Å². The van der Waals surface area contributed by atoms with Crippen molar-refractivity contribution in [3.8, 4) is 0 Å². The van der Waals surface area contributed by atoms with Crippen molar-refractivity contribution < 1.29 is 13.9 Å². The van der Waals surface area contributed by atoms with E-state index in [1.165, 1.54) is 12.1 Å². The van der Waals surface area contributed by atoms with Crippen LogP contribution in [0.4, 0.5) is 21.6 Å². The Bertz CT molecular complexity index is 810. The molecule has 2 aliphatic heterocycles. The van der Waals surface area contributed by atoms with Crippen molar-refractivity contribution >= 4 is 23.1 Å². The minimum absolute atomic E-state index is 0.0505. The summed E-state index contributed by atoms with van der Waals surface area (Å²) in [6, 6.07) is 9.75. The number of aromatic nitrogens is 1. The Balaban J connectivity index is 1.48. The molecule has 2 saturated heterocycles. The van der Waals surface area contributed by atoms with Gasteiger partial charge in [-0.15, -0.1) is 0 Å². The third kappa shape index (κ3) is 4.03.